The Bertz CT molecular complexity index is 212. The second-order valence-electron chi connectivity index (χ2n) is 6.04. The maximum atomic E-state index is 3.65. The van der Waals surface area contributed by atoms with Gasteiger partial charge in [-0.05, 0) is 37.8 Å². The number of likely N-dealkylation sites (tertiary alicyclic amines) is 1. The molecule has 0 aromatic rings. The van der Waals surface area contributed by atoms with E-state index in [4.69, 9.17) is 0 Å². The zero-order valence-corrected chi connectivity index (χ0v) is 11.6. The monoisotopic (exact) mass is 242 g/mol. The predicted molar refractivity (Wildman–Crippen MR) is 73.2 cm³/mol. The number of rotatable bonds is 2. The molecule has 0 aliphatic carbocycles. The van der Waals surface area contributed by atoms with Gasteiger partial charge in [-0.1, -0.05) is 13.8 Å². The maximum Gasteiger partial charge on any atom is 0.0285 e. The average Bonchev–Trinajstić information content (AvgIpc) is 2.42. The highest BCUT2D eigenvalue weighted by Gasteiger charge is 2.24. The van der Waals surface area contributed by atoms with Crippen molar-refractivity contribution in [3.63, 3.8) is 0 Å². The van der Waals surface area contributed by atoms with Gasteiger partial charge >= 0.3 is 0 Å². The molecule has 1 unspecified atom stereocenters. The van der Waals surface area contributed by atoms with E-state index in [-0.39, 0.29) is 0 Å². The zero-order valence-electron chi connectivity index (χ0n) is 10.8. The highest BCUT2D eigenvalue weighted by atomic mass is 32.2. The molecule has 2 nitrogen and oxygen atoms in total. The van der Waals surface area contributed by atoms with Gasteiger partial charge in [0.1, 0.15) is 0 Å². The van der Waals surface area contributed by atoms with E-state index in [9.17, 15) is 0 Å². The van der Waals surface area contributed by atoms with E-state index in [1.54, 1.807) is 0 Å². The van der Waals surface area contributed by atoms with Crippen molar-refractivity contribution in [1.29, 1.82) is 0 Å². The molecular formula is C13H26N2S. The molecule has 0 amide bonds. The summed E-state index contributed by atoms with van der Waals surface area (Å²) in [5.74, 6) is 2.60. The van der Waals surface area contributed by atoms with Gasteiger partial charge in [0.15, 0.2) is 0 Å². The molecule has 16 heavy (non-hydrogen) atoms. The van der Waals surface area contributed by atoms with Gasteiger partial charge in [0, 0.05) is 30.6 Å². The van der Waals surface area contributed by atoms with Gasteiger partial charge in [-0.3, -0.25) is 0 Å². The molecule has 2 aliphatic heterocycles. The van der Waals surface area contributed by atoms with Crippen LogP contribution in [0.2, 0.25) is 0 Å². The lowest BCUT2D eigenvalue weighted by atomic mass is 9.85. The molecule has 2 aliphatic rings. The van der Waals surface area contributed by atoms with E-state index in [1.165, 1.54) is 56.9 Å². The van der Waals surface area contributed by atoms with Crippen LogP contribution in [0, 0.1) is 5.41 Å². The number of hydrogen-bond acceptors (Lipinski definition) is 3. The Morgan fingerprint density at radius 1 is 1.31 bits per heavy atom. The van der Waals surface area contributed by atoms with Gasteiger partial charge < -0.3 is 10.2 Å². The Balaban J connectivity index is 1.76. The molecule has 2 fully saturated rings. The van der Waals surface area contributed by atoms with Crippen LogP contribution in [0.15, 0.2) is 0 Å². The molecular weight excluding hydrogens is 216 g/mol. The highest BCUT2D eigenvalue weighted by molar-refractivity contribution is 7.99. The van der Waals surface area contributed by atoms with Gasteiger partial charge in [0.05, 0.1) is 0 Å². The first-order valence-electron chi connectivity index (χ1n) is 6.69. The number of nitrogens with one attached hydrogen (secondary N) is 1. The number of thioether (sulfide) groups is 1. The minimum absolute atomic E-state index is 0.573. The summed E-state index contributed by atoms with van der Waals surface area (Å²) in [6.45, 7) is 9.93. The van der Waals surface area contributed by atoms with Crippen LogP contribution in [0.4, 0.5) is 0 Å². The zero-order chi connectivity index (χ0) is 11.4. The summed E-state index contributed by atoms with van der Waals surface area (Å²) in [6, 6.07) is 0.736. The van der Waals surface area contributed by atoms with Gasteiger partial charge in [0.2, 0.25) is 0 Å². The predicted octanol–water partition coefficient (Wildman–Crippen LogP) is 2.20. The van der Waals surface area contributed by atoms with Gasteiger partial charge in [0.25, 0.3) is 0 Å². The fourth-order valence-electron chi connectivity index (χ4n) is 2.71. The van der Waals surface area contributed by atoms with Crippen molar-refractivity contribution in [2.75, 3.05) is 37.7 Å². The van der Waals surface area contributed by atoms with Crippen molar-refractivity contribution in [3.05, 3.63) is 0 Å². The van der Waals surface area contributed by atoms with Crippen LogP contribution in [0.5, 0.6) is 0 Å². The summed E-state index contributed by atoms with van der Waals surface area (Å²) >= 11 is 2.11. The molecule has 0 aromatic carbocycles. The third kappa shape index (κ3) is 3.94. The van der Waals surface area contributed by atoms with Crippen LogP contribution in [0.3, 0.4) is 0 Å². The van der Waals surface area contributed by atoms with Crippen LogP contribution in [0.25, 0.3) is 0 Å². The molecule has 3 heteroatoms. The van der Waals surface area contributed by atoms with Crippen LogP contribution >= 0.6 is 11.8 Å². The molecule has 0 spiro atoms. The lowest BCUT2D eigenvalue weighted by molar-refractivity contribution is 0.242. The molecule has 0 bridgehead atoms. The Kier molecular flexibility index (Phi) is 4.57. The molecule has 1 atom stereocenters. The lowest BCUT2D eigenvalue weighted by Gasteiger charge is -2.30. The fraction of sp³-hybridized carbons (Fsp3) is 1.00. The van der Waals surface area contributed by atoms with Crippen molar-refractivity contribution in [2.45, 2.75) is 39.2 Å². The minimum Gasteiger partial charge on any atom is -0.311 e. The van der Waals surface area contributed by atoms with Gasteiger partial charge in [-0.25, -0.2) is 0 Å². The van der Waals surface area contributed by atoms with E-state index in [1.807, 2.05) is 0 Å². The van der Waals surface area contributed by atoms with E-state index >= 15 is 0 Å². The van der Waals surface area contributed by atoms with E-state index in [0.717, 1.165) is 6.04 Å². The summed E-state index contributed by atoms with van der Waals surface area (Å²) in [4.78, 5) is 2.68. The van der Waals surface area contributed by atoms with Crippen molar-refractivity contribution in [1.82, 2.24) is 10.2 Å². The standard InChI is InChI=1S/C13H26N2S/c1-13(2)4-3-7-15(8-5-13)10-12-11-16-9-6-14-12/h12,14H,3-11H2,1-2H3. The van der Waals surface area contributed by atoms with Crippen LogP contribution in [0.1, 0.15) is 33.1 Å². The Morgan fingerprint density at radius 2 is 2.19 bits per heavy atom. The third-order valence-corrected chi connectivity index (χ3v) is 5.04. The first-order chi connectivity index (χ1) is 7.66. The van der Waals surface area contributed by atoms with Crippen LogP contribution in [-0.2, 0) is 0 Å². The van der Waals surface area contributed by atoms with Gasteiger partial charge in [-0.15, -0.1) is 0 Å². The Hall–Kier alpha value is 0.270. The van der Waals surface area contributed by atoms with E-state index < -0.39 is 0 Å². The highest BCUT2D eigenvalue weighted by Crippen LogP contribution is 2.29. The van der Waals surface area contributed by atoms with E-state index in [2.05, 4.69) is 35.8 Å². The second-order valence-corrected chi connectivity index (χ2v) is 7.19. The normalized spacial score (nSPS) is 32.2. The summed E-state index contributed by atoms with van der Waals surface area (Å²) in [5.41, 5.74) is 0.573. The molecule has 0 aromatic heterocycles. The van der Waals surface area contributed by atoms with Crippen molar-refractivity contribution >= 4 is 11.8 Å². The SMILES string of the molecule is CC1(C)CCCN(CC2CSCCN2)CC1. The van der Waals surface area contributed by atoms with Crippen LogP contribution in [-0.4, -0.2) is 48.6 Å². The third-order valence-electron chi connectivity index (χ3n) is 3.91. The molecule has 0 saturated carbocycles. The summed E-state index contributed by atoms with van der Waals surface area (Å²) in [7, 11) is 0. The molecule has 2 heterocycles. The summed E-state index contributed by atoms with van der Waals surface area (Å²) < 4.78 is 0. The largest absolute Gasteiger partial charge is 0.311 e. The molecule has 1 N–H and O–H groups in total. The van der Waals surface area contributed by atoms with Crippen molar-refractivity contribution < 1.29 is 0 Å². The smallest absolute Gasteiger partial charge is 0.0285 e. The maximum absolute atomic E-state index is 3.65. The Labute approximate surface area is 105 Å². The second kappa shape index (κ2) is 5.74. The quantitative estimate of drug-likeness (QED) is 0.799. The topological polar surface area (TPSA) is 15.3 Å². The van der Waals surface area contributed by atoms with Crippen molar-refractivity contribution in [2.24, 2.45) is 5.41 Å². The number of nitrogens with zero attached hydrogens (tertiary/aromatic N) is 1. The lowest BCUT2D eigenvalue weighted by Crippen LogP contribution is -2.46. The molecule has 0 radical (unpaired) electrons. The average molecular weight is 242 g/mol. The molecule has 2 rings (SSSR count). The van der Waals surface area contributed by atoms with Crippen molar-refractivity contribution in [3.8, 4) is 0 Å². The molecule has 94 valence electrons. The minimum atomic E-state index is 0.573. The summed E-state index contributed by atoms with van der Waals surface area (Å²) in [6.07, 6.45) is 4.15. The summed E-state index contributed by atoms with van der Waals surface area (Å²) in [5, 5.41) is 3.65. The van der Waals surface area contributed by atoms with E-state index in [0.29, 0.717) is 5.41 Å². The first-order valence-corrected chi connectivity index (χ1v) is 7.85. The Morgan fingerprint density at radius 3 is 2.94 bits per heavy atom. The fourth-order valence-corrected chi connectivity index (χ4v) is 3.65. The molecule has 2 saturated heterocycles. The number of hydrogen-bond donors (Lipinski definition) is 1. The van der Waals surface area contributed by atoms with Gasteiger partial charge in [-0.2, -0.15) is 11.8 Å². The van der Waals surface area contributed by atoms with Crippen LogP contribution < -0.4 is 5.32 Å². The first kappa shape index (κ1) is 12.7.